The van der Waals surface area contributed by atoms with Crippen LogP contribution in [0.1, 0.15) is 23.7 Å². The summed E-state index contributed by atoms with van der Waals surface area (Å²) in [6, 6.07) is 3.37. The predicted octanol–water partition coefficient (Wildman–Crippen LogP) is 2.06. The number of amides is 2. The molecule has 0 fully saturated rings. The van der Waals surface area contributed by atoms with E-state index in [1.807, 2.05) is 26.0 Å². The molecule has 0 radical (unpaired) electrons. The maximum atomic E-state index is 11.6. The number of hydrogen-bond donors (Lipinski definition) is 3. The Labute approximate surface area is 102 Å². The summed E-state index contributed by atoms with van der Waals surface area (Å²) < 4.78 is 0. The lowest BCUT2D eigenvalue weighted by Gasteiger charge is -2.11. The van der Waals surface area contributed by atoms with Gasteiger partial charge in [0.15, 0.2) is 0 Å². The summed E-state index contributed by atoms with van der Waals surface area (Å²) in [4.78, 5) is 16.8. The molecule has 0 aromatic carbocycles. The zero-order valence-corrected chi connectivity index (χ0v) is 10.3. The molecule has 0 aliphatic heterocycles. The Balaban J connectivity index is 1.89. The highest BCUT2D eigenvalue weighted by molar-refractivity contribution is 7.16. The van der Waals surface area contributed by atoms with Crippen LogP contribution in [0.4, 0.5) is 9.80 Å². The lowest BCUT2D eigenvalue weighted by Crippen LogP contribution is -2.31. The molecular formula is C10H13N5OS. The van der Waals surface area contributed by atoms with Crippen molar-refractivity contribution < 1.29 is 4.79 Å². The zero-order valence-electron chi connectivity index (χ0n) is 9.52. The number of H-pyrrole nitrogens is 1. The summed E-state index contributed by atoms with van der Waals surface area (Å²) in [5.41, 5.74) is 0. The Morgan fingerprint density at radius 1 is 1.53 bits per heavy atom. The van der Waals surface area contributed by atoms with Crippen molar-refractivity contribution in [1.82, 2.24) is 20.5 Å². The van der Waals surface area contributed by atoms with E-state index < -0.39 is 0 Å². The molecule has 2 rings (SSSR count). The van der Waals surface area contributed by atoms with Gasteiger partial charge in [-0.05, 0) is 26.0 Å². The van der Waals surface area contributed by atoms with Crippen LogP contribution in [0.3, 0.4) is 0 Å². The van der Waals surface area contributed by atoms with Crippen molar-refractivity contribution in [1.29, 1.82) is 0 Å². The first kappa shape index (κ1) is 11.6. The number of aryl methyl sites for hydroxylation is 1. The number of carbonyl (C=O) groups is 1. The number of aromatic nitrogens is 3. The standard InChI is InChI=1S/C10H13N5OS/c1-6-3-4-8(17-6)14-10(16)13-7(2)9-11-5-12-15-9/h3-5,7H,1-2H3,(H,11,12,15)(H2,13,14,16). The molecule has 0 aliphatic rings. The van der Waals surface area contributed by atoms with Gasteiger partial charge in [0.2, 0.25) is 0 Å². The fraction of sp³-hybridized carbons (Fsp3) is 0.300. The van der Waals surface area contributed by atoms with Gasteiger partial charge in [0.1, 0.15) is 12.2 Å². The van der Waals surface area contributed by atoms with Crippen molar-refractivity contribution in [2.75, 3.05) is 5.32 Å². The van der Waals surface area contributed by atoms with Crippen LogP contribution in [0.25, 0.3) is 0 Å². The van der Waals surface area contributed by atoms with Crippen molar-refractivity contribution >= 4 is 22.4 Å². The first-order valence-corrected chi connectivity index (χ1v) is 5.96. The lowest BCUT2D eigenvalue weighted by molar-refractivity contribution is 0.249. The highest BCUT2D eigenvalue weighted by Gasteiger charge is 2.12. The second-order valence-electron chi connectivity index (χ2n) is 3.60. The minimum atomic E-state index is -0.254. The SMILES string of the molecule is Cc1ccc(NC(=O)NC(C)c2ncn[nH]2)s1. The Hall–Kier alpha value is -1.89. The third-order valence-corrected chi connectivity index (χ3v) is 3.08. The molecule has 3 N–H and O–H groups in total. The second kappa shape index (κ2) is 4.96. The molecular weight excluding hydrogens is 238 g/mol. The van der Waals surface area contributed by atoms with Crippen molar-refractivity contribution in [2.24, 2.45) is 0 Å². The number of nitrogens with zero attached hydrogens (tertiary/aromatic N) is 2. The molecule has 0 spiro atoms. The summed E-state index contributed by atoms with van der Waals surface area (Å²) >= 11 is 1.53. The Kier molecular flexibility index (Phi) is 3.38. The van der Waals surface area contributed by atoms with Crippen LogP contribution in [-0.4, -0.2) is 21.2 Å². The van der Waals surface area contributed by atoms with E-state index >= 15 is 0 Å². The van der Waals surface area contributed by atoms with Crippen LogP contribution in [0, 0.1) is 6.92 Å². The second-order valence-corrected chi connectivity index (χ2v) is 4.89. The molecule has 6 nitrogen and oxygen atoms in total. The van der Waals surface area contributed by atoms with Crippen LogP contribution >= 0.6 is 11.3 Å². The van der Waals surface area contributed by atoms with E-state index in [-0.39, 0.29) is 12.1 Å². The van der Waals surface area contributed by atoms with E-state index in [1.54, 1.807) is 0 Å². The van der Waals surface area contributed by atoms with Crippen molar-refractivity contribution in [2.45, 2.75) is 19.9 Å². The molecule has 1 atom stereocenters. The number of carbonyl (C=O) groups excluding carboxylic acids is 1. The summed E-state index contributed by atoms with van der Waals surface area (Å²) in [6.45, 7) is 3.82. The van der Waals surface area contributed by atoms with Crippen LogP contribution in [-0.2, 0) is 0 Å². The van der Waals surface area contributed by atoms with Crippen LogP contribution in [0.5, 0.6) is 0 Å². The van der Waals surface area contributed by atoms with E-state index in [9.17, 15) is 4.79 Å². The molecule has 7 heteroatoms. The first-order chi connectivity index (χ1) is 8.15. The molecule has 0 bridgehead atoms. The number of nitrogens with one attached hydrogen (secondary N) is 3. The fourth-order valence-corrected chi connectivity index (χ4v) is 2.10. The number of thiophene rings is 1. The first-order valence-electron chi connectivity index (χ1n) is 5.14. The van der Waals surface area contributed by atoms with Gasteiger partial charge in [-0.25, -0.2) is 9.78 Å². The van der Waals surface area contributed by atoms with Gasteiger partial charge < -0.3 is 5.32 Å². The summed E-state index contributed by atoms with van der Waals surface area (Å²) in [7, 11) is 0. The van der Waals surface area contributed by atoms with E-state index in [1.165, 1.54) is 17.7 Å². The summed E-state index contributed by atoms with van der Waals surface area (Å²) in [5, 5.41) is 12.8. The van der Waals surface area contributed by atoms with Crippen molar-refractivity contribution in [3.8, 4) is 0 Å². The zero-order chi connectivity index (χ0) is 12.3. The predicted molar refractivity (Wildman–Crippen MR) is 66.0 cm³/mol. The maximum Gasteiger partial charge on any atom is 0.320 e. The third kappa shape index (κ3) is 3.04. The summed E-state index contributed by atoms with van der Waals surface area (Å²) in [6.07, 6.45) is 1.41. The Bertz CT molecular complexity index is 493. The fourth-order valence-electron chi connectivity index (χ4n) is 1.34. The van der Waals surface area contributed by atoms with Gasteiger partial charge in [0.25, 0.3) is 0 Å². The number of urea groups is 1. The lowest BCUT2D eigenvalue weighted by atomic mass is 10.3. The van der Waals surface area contributed by atoms with Gasteiger partial charge >= 0.3 is 6.03 Å². The number of aromatic amines is 1. The van der Waals surface area contributed by atoms with E-state index in [2.05, 4.69) is 25.8 Å². The van der Waals surface area contributed by atoms with Gasteiger partial charge in [-0.2, -0.15) is 5.10 Å². The minimum absolute atomic E-state index is 0.210. The highest BCUT2D eigenvalue weighted by Crippen LogP contribution is 2.20. The monoisotopic (exact) mass is 251 g/mol. The third-order valence-electron chi connectivity index (χ3n) is 2.17. The molecule has 2 amide bonds. The van der Waals surface area contributed by atoms with Crippen molar-refractivity contribution in [3.63, 3.8) is 0 Å². The Morgan fingerprint density at radius 3 is 2.94 bits per heavy atom. The average molecular weight is 251 g/mol. The topological polar surface area (TPSA) is 82.7 Å². The summed E-state index contributed by atoms with van der Waals surface area (Å²) in [5.74, 6) is 0.627. The van der Waals surface area contributed by atoms with Crippen LogP contribution in [0.15, 0.2) is 18.5 Å². The van der Waals surface area contributed by atoms with Gasteiger partial charge in [-0.3, -0.25) is 10.4 Å². The number of anilines is 1. The van der Waals surface area contributed by atoms with Gasteiger partial charge in [0.05, 0.1) is 11.0 Å². The highest BCUT2D eigenvalue weighted by atomic mass is 32.1. The van der Waals surface area contributed by atoms with Gasteiger partial charge in [-0.1, -0.05) is 0 Å². The maximum absolute atomic E-state index is 11.6. The van der Waals surface area contributed by atoms with Crippen molar-refractivity contribution in [3.05, 3.63) is 29.2 Å². The molecule has 2 aromatic heterocycles. The Morgan fingerprint density at radius 2 is 2.35 bits per heavy atom. The van der Waals surface area contributed by atoms with Gasteiger partial charge in [0, 0.05) is 4.88 Å². The average Bonchev–Trinajstić information content (AvgIpc) is 2.89. The van der Waals surface area contributed by atoms with E-state index in [4.69, 9.17) is 0 Å². The largest absolute Gasteiger partial charge is 0.328 e. The molecule has 90 valence electrons. The van der Waals surface area contributed by atoms with Crippen LogP contribution < -0.4 is 10.6 Å². The number of hydrogen-bond acceptors (Lipinski definition) is 4. The smallest absolute Gasteiger partial charge is 0.320 e. The molecule has 0 saturated carbocycles. The molecule has 2 aromatic rings. The normalized spacial score (nSPS) is 12.1. The number of rotatable bonds is 3. The quantitative estimate of drug-likeness (QED) is 0.780. The molecule has 0 saturated heterocycles. The van der Waals surface area contributed by atoms with E-state index in [0.29, 0.717) is 5.82 Å². The van der Waals surface area contributed by atoms with Gasteiger partial charge in [-0.15, -0.1) is 11.3 Å². The minimum Gasteiger partial charge on any atom is -0.328 e. The molecule has 1 unspecified atom stereocenters. The molecule has 17 heavy (non-hydrogen) atoms. The molecule has 2 heterocycles. The molecule has 0 aliphatic carbocycles. The van der Waals surface area contributed by atoms with Crippen LogP contribution in [0.2, 0.25) is 0 Å². The van der Waals surface area contributed by atoms with E-state index in [0.717, 1.165) is 9.88 Å².